The molecule has 0 bridgehead atoms. The predicted octanol–water partition coefficient (Wildman–Crippen LogP) is 3.95. The van der Waals surface area contributed by atoms with Crippen molar-refractivity contribution >= 4 is 27.7 Å². The minimum absolute atomic E-state index is 0.0435. The van der Waals surface area contributed by atoms with Crippen LogP contribution in [0.3, 0.4) is 0 Å². The highest BCUT2D eigenvalue weighted by atomic mass is 32.2. The van der Waals surface area contributed by atoms with Crippen molar-refractivity contribution in [3.05, 3.63) is 64.7 Å². The minimum atomic E-state index is -4.00. The second kappa shape index (κ2) is 13.1. The van der Waals surface area contributed by atoms with Crippen molar-refractivity contribution < 1.29 is 18.0 Å². The van der Waals surface area contributed by atoms with Gasteiger partial charge in [-0.3, -0.25) is 9.59 Å². The van der Waals surface area contributed by atoms with E-state index in [0.29, 0.717) is 12.1 Å². The van der Waals surface area contributed by atoms with E-state index in [2.05, 4.69) is 5.32 Å². The Morgan fingerprint density at radius 3 is 2.16 bits per heavy atom. The molecule has 37 heavy (non-hydrogen) atoms. The Kier molecular flexibility index (Phi) is 10.7. The highest BCUT2D eigenvalue weighted by molar-refractivity contribution is 7.90. The van der Waals surface area contributed by atoms with Crippen LogP contribution in [0, 0.1) is 20.8 Å². The van der Waals surface area contributed by atoms with E-state index in [1.165, 1.54) is 19.0 Å². The summed E-state index contributed by atoms with van der Waals surface area (Å²) in [6, 6.07) is 12.5. The molecule has 0 aliphatic rings. The molecular formula is C28H42N4O4S. The van der Waals surface area contributed by atoms with Crippen molar-refractivity contribution in [3.63, 3.8) is 0 Å². The van der Waals surface area contributed by atoms with Gasteiger partial charge < -0.3 is 10.2 Å². The van der Waals surface area contributed by atoms with Crippen LogP contribution in [0.4, 0.5) is 5.69 Å². The molecule has 2 atom stereocenters. The predicted molar refractivity (Wildman–Crippen MR) is 150 cm³/mol. The normalized spacial score (nSPS) is 13.2. The number of hydrogen-bond acceptors (Lipinski definition) is 4. The number of carbonyl (C=O) groups is 2. The van der Waals surface area contributed by atoms with Gasteiger partial charge in [-0.2, -0.15) is 12.7 Å². The average Bonchev–Trinajstić information content (AvgIpc) is 2.83. The lowest BCUT2D eigenvalue weighted by Gasteiger charge is -2.34. The number of benzene rings is 2. The molecule has 9 heteroatoms. The molecule has 2 rings (SSSR count). The summed E-state index contributed by atoms with van der Waals surface area (Å²) in [5, 5.41) is 2.99. The Balaban J connectivity index is 2.56. The highest BCUT2D eigenvalue weighted by Gasteiger charge is 2.34. The number of hydrogen-bond donors (Lipinski definition) is 1. The van der Waals surface area contributed by atoms with Crippen LogP contribution in [-0.2, 0) is 26.3 Å². The molecule has 204 valence electrons. The van der Waals surface area contributed by atoms with Gasteiger partial charge in [-0.25, -0.2) is 4.31 Å². The summed E-state index contributed by atoms with van der Waals surface area (Å²) in [6.45, 7) is 11.2. The Labute approximate surface area is 222 Å². The average molecular weight is 531 g/mol. The molecule has 0 spiro atoms. The standard InChI is InChI=1S/C28H42N4O4S/c1-9-23(6)29-28(34)25(10-2)31(18-24-13-11-12-20(3)16-24)27(33)19-32(37(35,36)30(7)8)26-17-21(4)14-15-22(26)5/h11-17,23,25H,9-10,18-19H2,1-8H3,(H,29,34)/t23-,25-/m1/s1. The summed E-state index contributed by atoms with van der Waals surface area (Å²) < 4.78 is 29.1. The molecule has 2 aromatic carbocycles. The maximum atomic E-state index is 14.0. The summed E-state index contributed by atoms with van der Waals surface area (Å²) in [6.07, 6.45) is 1.15. The summed E-state index contributed by atoms with van der Waals surface area (Å²) in [5.41, 5.74) is 3.96. The molecule has 0 heterocycles. The van der Waals surface area contributed by atoms with Gasteiger partial charge in [0.15, 0.2) is 0 Å². The fraction of sp³-hybridized carbons (Fsp3) is 0.500. The topological polar surface area (TPSA) is 90.0 Å². The van der Waals surface area contributed by atoms with Gasteiger partial charge in [0.1, 0.15) is 12.6 Å². The molecule has 0 saturated carbocycles. The molecule has 0 aliphatic heterocycles. The van der Waals surface area contributed by atoms with E-state index in [4.69, 9.17) is 0 Å². The van der Waals surface area contributed by atoms with E-state index in [0.717, 1.165) is 37.3 Å². The van der Waals surface area contributed by atoms with E-state index in [9.17, 15) is 18.0 Å². The van der Waals surface area contributed by atoms with Crippen LogP contribution in [0.2, 0.25) is 0 Å². The minimum Gasteiger partial charge on any atom is -0.352 e. The number of rotatable bonds is 12. The van der Waals surface area contributed by atoms with Gasteiger partial charge in [0.2, 0.25) is 11.8 Å². The first kappa shape index (κ1) is 30.3. The second-order valence-corrected chi connectivity index (χ2v) is 11.9. The number of aryl methyl sites for hydroxylation is 3. The van der Waals surface area contributed by atoms with Crippen LogP contribution in [0.15, 0.2) is 42.5 Å². The second-order valence-electron chi connectivity index (χ2n) is 9.84. The molecule has 0 radical (unpaired) electrons. The van der Waals surface area contributed by atoms with Crippen molar-refractivity contribution in [2.24, 2.45) is 0 Å². The van der Waals surface area contributed by atoms with Gasteiger partial charge in [-0.05, 0) is 63.3 Å². The smallest absolute Gasteiger partial charge is 0.304 e. The highest BCUT2D eigenvalue weighted by Crippen LogP contribution is 2.26. The molecule has 0 unspecified atom stereocenters. The monoisotopic (exact) mass is 530 g/mol. The van der Waals surface area contributed by atoms with Crippen molar-refractivity contribution in [2.75, 3.05) is 24.9 Å². The lowest BCUT2D eigenvalue weighted by atomic mass is 10.1. The fourth-order valence-corrected chi connectivity index (χ4v) is 5.17. The number of nitrogens with zero attached hydrogens (tertiary/aromatic N) is 3. The number of nitrogens with one attached hydrogen (secondary N) is 1. The summed E-state index contributed by atoms with van der Waals surface area (Å²) in [4.78, 5) is 28.7. The fourth-order valence-electron chi connectivity index (χ4n) is 4.06. The Morgan fingerprint density at radius 1 is 0.946 bits per heavy atom. The number of anilines is 1. The maximum Gasteiger partial charge on any atom is 0.304 e. The van der Waals surface area contributed by atoms with Crippen LogP contribution < -0.4 is 9.62 Å². The van der Waals surface area contributed by atoms with Crippen molar-refractivity contribution in [1.82, 2.24) is 14.5 Å². The third kappa shape index (κ3) is 7.79. The third-order valence-corrected chi connectivity index (χ3v) is 8.28. The van der Waals surface area contributed by atoms with Crippen LogP contribution in [0.25, 0.3) is 0 Å². The summed E-state index contributed by atoms with van der Waals surface area (Å²) >= 11 is 0. The van der Waals surface area contributed by atoms with E-state index >= 15 is 0 Å². The summed E-state index contributed by atoms with van der Waals surface area (Å²) in [5.74, 6) is -0.689. The number of amides is 2. The zero-order valence-corrected chi connectivity index (χ0v) is 24.2. The van der Waals surface area contributed by atoms with Crippen LogP contribution in [0.1, 0.15) is 55.9 Å². The van der Waals surface area contributed by atoms with Crippen molar-refractivity contribution in [1.29, 1.82) is 0 Å². The molecule has 2 amide bonds. The van der Waals surface area contributed by atoms with Crippen LogP contribution >= 0.6 is 0 Å². The first-order valence-electron chi connectivity index (χ1n) is 12.7. The zero-order chi connectivity index (χ0) is 27.9. The van der Waals surface area contributed by atoms with Gasteiger partial charge in [0.05, 0.1) is 5.69 Å². The molecule has 2 aromatic rings. The molecule has 0 saturated heterocycles. The van der Waals surface area contributed by atoms with Gasteiger partial charge in [0, 0.05) is 26.7 Å². The first-order chi connectivity index (χ1) is 17.3. The molecular weight excluding hydrogens is 488 g/mol. The largest absolute Gasteiger partial charge is 0.352 e. The quantitative estimate of drug-likeness (QED) is 0.450. The van der Waals surface area contributed by atoms with E-state index in [-0.39, 0.29) is 18.5 Å². The van der Waals surface area contributed by atoms with Gasteiger partial charge in [0.25, 0.3) is 0 Å². The van der Waals surface area contributed by atoms with Crippen molar-refractivity contribution in [2.45, 2.75) is 73.0 Å². The molecule has 0 fully saturated rings. The van der Waals surface area contributed by atoms with Gasteiger partial charge in [-0.15, -0.1) is 0 Å². The Morgan fingerprint density at radius 2 is 1.59 bits per heavy atom. The van der Waals surface area contributed by atoms with Crippen molar-refractivity contribution in [3.8, 4) is 0 Å². The van der Waals surface area contributed by atoms with Gasteiger partial charge in [-0.1, -0.05) is 55.8 Å². The Hall–Kier alpha value is -2.91. The zero-order valence-electron chi connectivity index (χ0n) is 23.4. The molecule has 1 N–H and O–H groups in total. The molecule has 0 aliphatic carbocycles. The first-order valence-corrected chi connectivity index (χ1v) is 14.1. The molecule has 8 nitrogen and oxygen atoms in total. The third-order valence-electron chi connectivity index (χ3n) is 6.47. The van der Waals surface area contributed by atoms with Gasteiger partial charge >= 0.3 is 10.2 Å². The summed E-state index contributed by atoms with van der Waals surface area (Å²) in [7, 11) is -1.11. The Bertz CT molecular complexity index is 1200. The SMILES string of the molecule is CC[C@@H](C)NC(=O)[C@@H](CC)N(Cc1cccc(C)c1)C(=O)CN(c1cc(C)ccc1C)S(=O)(=O)N(C)C. The maximum absolute atomic E-state index is 14.0. The van der Waals surface area contributed by atoms with E-state index < -0.39 is 28.7 Å². The lowest BCUT2D eigenvalue weighted by Crippen LogP contribution is -2.54. The lowest BCUT2D eigenvalue weighted by molar-refractivity contribution is -0.140. The molecule has 0 aromatic heterocycles. The van der Waals surface area contributed by atoms with Crippen LogP contribution in [-0.4, -0.2) is 62.2 Å². The van der Waals surface area contributed by atoms with E-state index in [1.807, 2.05) is 77.9 Å². The van der Waals surface area contributed by atoms with E-state index in [1.54, 1.807) is 6.07 Å². The van der Waals surface area contributed by atoms with Crippen LogP contribution in [0.5, 0.6) is 0 Å². The number of carbonyl (C=O) groups excluding carboxylic acids is 2.